The van der Waals surface area contributed by atoms with Crippen LogP contribution in [0.2, 0.25) is 5.02 Å². The molecule has 0 saturated carbocycles. The van der Waals surface area contributed by atoms with E-state index >= 15 is 0 Å². The second-order valence-electron chi connectivity index (χ2n) is 2.28. The van der Waals surface area contributed by atoms with Gasteiger partial charge in [0.2, 0.25) is 0 Å². The number of halogens is 1. The summed E-state index contributed by atoms with van der Waals surface area (Å²) in [4.78, 5) is 1.05. The number of thioether (sulfide) groups is 1. The normalized spacial score (nSPS) is 9.25. The predicted molar refractivity (Wildman–Crippen MR) is 52.0 cm³/mol. The molecule has 63 valence electrons. The van der Waals surface area contributed by atoms with Gasteiger partial charge in [0.15, 0.2) is 0 Å². The Morgan fingerprint density at radius 2 is 2.00 bits per heavy atom. The van der Waals surface area contributed by atoms with E-state index in [2.05, 4.69) is 0 Å². The van der Waals surface area contributed by atoms with Crippen LogP contribution in [0.5, 0.6) is 0 Å². The Kier molecular flexibility index (Phi) is 5.83. The van der Waals surface area contributed by atoms with E-state index in [4.69, 9.17) is 17.3 Å². The number of rotatable bonds is 1. The molecule has 0 atom stereocenters. The van der Waals surface area contributed by atoms with Crippen LogP contribution in [-0.2, 0) is 32.7 Å². The largest absolute Gasteiger partial charge is 0.698 e. The first-order valence-electron chi connectivity index (χ1n) is 3.21. The second-order valence-corrected chi connectivity index (χ2v) is 3.57. The monoisotopic (exact) mass is 275 g/mol. The third kappa shape index (κ3) is 2.91. The topological polar surface area (TPSA) is 23.8 Å². The average Bonchev–Trinajstić information content (AvgIpc) is 1.99. The molecule has 1 nitrogen and oxygen atoms in total. The quantitative estimate of drug-likeness (QED) is 0.709. The zero-order valence-corrected chi connectivity index (χ0v) is 11.4. The third-order valence-electron chi connectivity index (χ3n) is 1.55. The molecule has 0 aliphatic carbocycles. The molecule has 1 aromatic rings. The van der Waals surface area contributed by atoms with Crippen molar-refractivity contribution in [2.75, 3.05) is 6.26 Å². The minimum atomic E-state index is 0. The van der Waals surface area contributed by atoms with Gasteiger partial charge in [0.25, 0.3) is 0 Å². The van der Waals surface area contributed by atoms with Gasteiger partial charge in [0, 0.05) is 42.6 Å². The summed E-state index contributed by atoms with van der Waals surface area (Å²) in [7, 11) is 0. The Hall–Kier alpha value is 0.764. The summed E-state index contributed by atoms with van der Waals surface area (Å²) in [6.07, 6.45) is 1.97. The van der Waals surface area contributed by atoms with Crippen LogP contribution in [0.3, 0.4) is 0 Å². The minimum absolute atomic E-state index is 0. The molecule has 0 amide bonds. The van der Waals surface area contributed by atoms with Gasteiger partial charge in [-0.3, -0.25) is 0 Å². The summed E-state index contributed by atoms with van der Waals surface area (Å²) in [5.74, 6) is 0. The van der Waals surface area contributed by atoms with E-state index in [1.54, 1.807) is 11.8 Å². The second kappa shape index (κ2) is 5.48. The van der Waals surface area contributed by atoms with Gasteiger partial charge in [0.1, 0.15) is 0 Å². The smallest absolute Gasteiger partial charge is 0.0434 e. The van der Waals surface area contributed by atoms with Crippen molar-refractivity contribution in [3.8, 4) is 0 Å². The van der Waals surface area contributed by atoms with Crippen LogP contribution in [0.25, 0.3) is 5.73 Å². The standard InChI is InChI=1S/C8H9ClNS.Y/c1-5-7(9)3-6(11-2)4-8(5)10;/h3-4,10H,1-2H3;/q-1;. The van der Waals surface area contributed by atoms with E-state index < -0.39 is 0 Å². The van der Waals surface area contributed by atoms with Gasteiger partial charge < -0.3 is 5.73 Å². The summed E-state index contributed by atoms with van der Waals surface area (Å²) in [6, 6.07) is 3.71. The van der Waals surface area contributed by atoms with Crippen molar-refractivity contribution in [3.05, 3.63) is 28.5 Å². The van der Waals surface area contributed by atoms with Gasteiger partial charge in [-0.25, -0.2) is 0 Å². The average molecular weight is 276 g/mol. The van der Waals surface area contributed by atoms with E-state index in [1.165, 1.54) is 0 Å². The van der Waals surface area contributed by atoms with Crippen molar-refractivity contribution in [3.63, 3.8) is 0 Å². The van der Waals surface area contributed by atoms with Crippen molar-refractivity contribution in [1.82, 2.24) is 0 Å². The molecule has 0 unspecified atom stereocenters. The first-order chi connectivity index (χ1) is 5.15. The SMILES string of the molecule is CSc1cc([NH-])c(C)c(Cl)c1.[Y]. The van der Waals surface area contributed by atoms with Crippen molar-refractivity contribution < 1.29 is 32.7 Å². The van der Waals surface area contributed by atoms with Crippen LogP contribution in [0.15, 0.2) is 17.0 Å². The Morgan fingerprint density at radius 3 is 2.42 bits per heavy atom. The molecular formula is C8H9ClNSY-. The fourth-order valence-corrected chi connectivity index (χ4v) is 1.53. The van der Waals surface area contributed by atoms with Crippen molar-refractivity contribution in [2.24, 2.45) is 0 Å². The Bertz CT molecular complexity index is 255. The van der Waals surface area contributed by atoms with Gasteiger partial charge in [-0.2, -0.15) is 0 Å². The van der Waals surface area contributed by atoms with Gasteiger partial charge in [-0.1, -0.05) is 17.7 Å². The molecule has 12 heavy (non-hydrogen) atoms. The molecule has 0 spiro atoms. The summed E-state index contributed by atoms with van der Waals surface area (Å²) in [6.45, 7) is 1.86. The number of benzene rings is 1. The van der Waals surface area contributed by atoms with Crippen LogP contribution >= 0.6 is 23.4 Å². The summed E-state index contributed by atoms with van der Waals surface area (Å²) in [5, 5.41) is 0.682. The number of hydrogen-bond donors (Lipinski definition) is 0. The van der Waals surface area contributed by atoms with Gasteiger partial charge in [-0.15, -0.1) is 17.4 Å². The van der Waals surface area contributed by atoms with Gasteiger partial charge in [0.05, 0.1) is 0 Å². The first-order valence-corrected chi connectivity index (χ1v) is 4.81. The maximum absolute atomic E-state index is 7.51. The Labute approximate surface area is 107 Å². The van der Waals surface area contributed by atoms with E-state index in [-0.39, 0.29) is 32.7 Å². The van der Waals surface area contributed by atoms with Gasteiger partial charge in [-0.05, 0) is 24.8 Å². The molecule has 0 fully saturated rings. The van der Waals surface area contributed by atoms with E-state index in [0.717, 1.165) is 10.5 Å². The fraction of sp³-hybridized carbons (Fsp3) is 0.250. The number of hydrogen-bond acceptors (Lipinski definition) is 1. The summed E-state index contributed by atoms with van der Waals surface area (Å²) < 4.78 is 0. The molecule has 0 bridgehead atoms. The molecule has 0 aromatic heterocycles. The molecule has 4 heteroatoms. The van der Waals surface area contributed by atoms with Crippen molar-refractivity contribution in [1.29, 1.82) is 0 Å². The zero-order chi connectivity index (χ0) is 8.43. The molecule has 0 aliphatic heterocycles. The van der Waals surface area contributed by atoms with Crippen LogP contribution in [0.4, 0.5) is 5.69 Å². The molecule has 0 heterocycles. The minimum Gasteiger partial charge on any atom is -0.698 e. The maximum atomic E-state index is 7.51. The fourth-order valence-electron chi connectivity index (χ4n) is 0.772. The van der Waals surface area contributed by atoms with Crippen LogP contribution in [0, 0.1) is 6.92 Å². The molecule has 0 saturated heterocycles. The van der Waals surface area contributed by atoms with E-state index in [9.17, 15) is 0 Å². The molecule has 0 aliphatic rings. The molecule has 1 rings (SSSR count). The predicted octanol–water partition coefficient (Wildman–Crippen LogP) is 4.05. The van der Waals surface area contributed by atoms with Gasteiger partial charge >= 0.3 is 0 Å². The molecule has 1 aromatic carbocycles. The molecule has 1 radical (unpaired) electrons. The Balaban J connectivity index is 0.00000121. The van der Waals surface area contributed by atoms with Crippen LogP contribution in [0.1, 0.15) is 5.56 Å². The van der Waals surface area contributed by atoms with E-state index in [0.29, 0.717) is 10.7 Å². The maximum Gasteiger partial charge on any atom is 0.0434 e. The van der Waals surface area contributed by atoms with Crippen molar-refractivity contribution >= 4 is 29.1 Å². The Morgan fingerprint density at radius 1 is 1.42 bits per heavy atom. The van der Waals surface area contributed by atoms with Crippen molar-refractivity contribution in [2.45, 2.75) is 11.8 Å². The van der Waals surface area contributed by atoms with E-state index in [1.807, 2.05) is 25.3 Å². The molecular weight excluding hydrogens is 267 g/mol. The third-order valence-corrected chi connectivity index (χ3v) is 2.65. The molecule has 1 N–H and O–H groups in total. The number of nitrogens with one attached hydrogen (secondary N) is 1. The first kappa shape index (κ1) is 12.8. The van der Waals surface area contributed by atoms with Crippen LogP contribution < -0.4 is 0 Å². The summed E-state index contributed by atoms with van der Waals surface area (Å²) >= 11 is 7.47. The zero-order valence-electron chi connectivity index (χ0n) is 7.02. The summed E-state index contributed by atoms with van der Waals surface area (Å²) in [5.41, 5.74) is 8.87. The van der Waals surface area contributed by atoms with Crippen LogP contribution in [-0.4, -0.2) is 6.26 Å².